The first kappa shape index (κ1) is 19.2. The molecule has 0 saturated heterocycles. The van der Waals surface area contributed by atoms with Crippen molar-refractivity contribution < 1.29 is 0 Å². The average Bonchev–Trinajstić information content (AvgIpc) is 3.34. The van der Waals surface area contributed by atoms with Gasteiger partial charge in [0.25, 0.3) is 0 Å². The van der Waals surface area contributed by atoms with E-state index in [1.807, 2.05) is 30.7 Å². The first-order valence-corrected chi connectivity index (χ1v) is 11.7. The monoisotopic (exact) mass is 437 g/mol. The highest BCUT2D eigenvalue weighted by atomic mass is 15.0. The Bertz CT molecular complexity index is 1730. The second kappa shape index (κ2) is 6.88. The molecule has 3 heterocycles. The quantitative estimate of drug-likeness (QED) is 0.280. The average molecular weight is 438 g/mol. The summed E-state index contributed by atoms with van der Waals surface area (Å²) in [5, 5.41) is 1.20. The van der Waals surface area contributed by atoms with Crippen LogP contribution in [0.15, 0.2) is 104 Å². The molecule has 0 amide bonds. The van der Waals surface area contributed by atoms with E-state index in [0.717, 1.165) is 27.8 Å². The Hall–Kier alpha value is -4.24. The third-order valence-corrected chi connectivity index (χ3v) is 7.30. The van der Waals surface area contributed by atoms with Crippen LogP contribution in [0.3, 0.4) is 0 Å². The molecule has 7 rings (SSSR count). The number of pyridine rings is 2. The van der Waals surface area contributed by atoms with Crippen molar-refractivity contribution in [3.8, 4) is 27.9 Å². The van der Waals surface area contributed by atoms with Gasteiger partial charge in [-0.2, -0.15) is 0 Å². The van der Waals surface area contributed by atoms with Crippen LogP contribution in [0.4, 0.5) is 0 Å². The summed E-state index contributed by atoms with van der Waals surface area (Å²) in [7, 11) is 0. The SMILES string of the molecule is CC1(C)c2ccccc2-c2ccc3c4ncccc4n(-c4cccc(-c5cccnc5)c4)c3c21. The first-order chi connectivity index (χ1) is 16.6. The topological polar surface area (TPSA) is 30.7 Å². The Morgan fingerprint density at radius 1 is 0.735 bits per heavy atom. The van der Waals surface area contributed by atoms with E-state index in [4.69, 9.17) is 4.98 Å². The molecule has 0 atom stereocenters. The molecule has 0 radical (unpaired) electrons. The van der Waals surface area contributed by atoms with Crippen molar-refractivity contribution in [1.29, 1.82) is 0 Å². The predicted molar refractivity (Wildman–Crippen MR) is 139 cm³/mol. The lowest BCUT2D eigenvalue weighted by molar-refractivity contribution is 0.664. The van der Waals surface area contributed by atoms with Crippen LogP contribution in [0, 0.1) is 0 Å². The van der Waals surface area contributed by atoms with Gasteiger partial charge < -0.3 is 4.57 Å². The van der Waals surface area contributed by atoms with Crippen LogP contribution in [0.2, 0.25) is 0 Å². The third kappa shape index (κ3) is 2.52. The highest BCUT2D eigenvalue weighted by Gasteiger charge is 2.38. The van der Waals surface area contributed by atoms with E-state index in [2.05, 4.69) is 96.2 Å². The third-order valence-electron chi connectivity index (χ3n) is 7.30. The Morgan fingerprint density at radius 2 is 1.59 bits per heavy atom. The van der Waals surface area contributed by atoms with Gasteiger partial charge in [-0.1, -0.05) is 62.4 Å². The highest BCUT2D eigenvalue weighted by Crippen LogP contribution is 2.52. The summed E-state index contributed by atoms with van der Waals surface area (Å²) in [6, 6.07) is 30.4. The van der Waals surface area contributed by atoms with Crippen LogP contribution >= 0.6 is 0 Å². The molecule has 0 N–H and O–H groups in total. The van der Waals surface area contributed by atoms with Gasteiger partial charge in [-0.15, -0.1) is 0 Å². The predicted octanol–water partition coefficient (Wildman–Crippen LogP) is 7.55. The molecule has 0 fully saturated rings. The smallest absolute Gasteiger partial charge is 0.0963 e. The number of hydrogen-bond donors (Lipinski definition) is 0. The molecule has 3 aromatic heterocycles. The van der Waals surface area contributed by atoms with Gasteiger partial charge in [-0.3, -0.25) is 9.97 Å². The van der Waals surface area contributed by atoms with E-state index in [-0.39, 0.29) is 5.41 Å². The number of fused-ring (bicyclic) bond motifs is 7. The van der Waals surface area contributed by atoms with Gasteiger partial charge in [0.05, 0.1) is 16.6 Å². The number of benzene rings is 3. The van der Waals surface area contributed by atoms with Crippen LogP contribution < -0.4 is 0 Å². The van der Waals surface area contributed by atoms with E-state index < -0.39 is 0 Å². The number of hydrogen-bond acceptors (Lipinski definition) is 2. The van der Waals surface area contributed by atoms with Gasteiger partial charge in [0.15, 0.2) is 0 Å². The van der Waals surface area contributed by atoms with E-state index in [1.165, 1.54) is 33.2 Å². The minimum atomic E-state index is -0.113. The molecule has 0 aliphatic heterocycles. The first-order valence-electron chi connectivity index (χ1n) is 11.7. The Balaban J connectivity index is 1.61. The second-order valence-corrected chi connectivity index (χ2v) is 9.55. The van der Waals surface area contributed by atoms with Crippen LogP contribution in [-0.4, -0.2) is 14.5 Å². The maximum atomic E-state index is 4.83. The zero-order valence-electron chi connectivity index (χ0n) is 19.2. The molecule has 6 aromatic rings. The summed E-state index contributed by atoms with van der Waals surface area (Å²) in [6.07, 6.45) is 5.63. The summed E-state index contributed by atoms with van der Waals surface area (Å²) in [5.74, 6) is 0. The summed E-state index contributed by atoms with van der Waals surface area (Å²) >= 11 is 0. The molecule has 0 spiro atoms. The normalized spacial score (nSPS) is 13.8. The molecule has 3 nitrogen and oxygen atoms in total. The summed E-state index contributed by atoms with van der Waals surface area (Å²) < 4.78 is 2.41. The molecule has 1 aliphatic rings. The fraction of sp³-hybridized carbons (Fsp3) is 0.0968. The summed E-state index contributed by atoms with van der Waals surface area (Å²) in [4.78, 5) is 9.15. The molecular weight excluding hydrogens is 414 g/mol. The maximum absolute atomic E-state index is 4.83. The van der Waals surface area contributed by atoms with Crippen LogP contribution in [0.1, 0.15) is 25.0 Å². The molecule has 162 valence electrons. The number of rotatable bonds is 2. The van der Waals surface area contributed by atoms with Crippen LogP contribution in [0.25, 0.3) is 49.9 Å². The zero-order chi connectivity index (χ0) is 22.9. The van der Waals surface area contributed by atoms with E-state index in [0.29, 0.717) is 0 Å². The van der Waals surface area contributed by atoms with Crippen molar-refractivity contribution in [3.05, 3.63) is 115 Å². The van der Waals surface area contributed by atoms with E-state index in [1.54, 1.807) is 0 Å². The fourth-order valence-corrected chi connectivity index (χ4v) is 5.80. The van der Waals surface area contributed by atoms with Crippen molar-refractivity contribution in [2.45, 2.75) is 19.3 Å². The van der Waals surface area contributed by atoms with E-state index in [9.17, 15) is 0 Å². The van der Waals surface area contributed by atoms with Gasteiger partial charge in [-0.25, -0.2) is 0 Å². The molecule has 0 bridgehead atoms. The lowest BCUT2D eigenvalue weighted by atomic mass is 9.81. The molecule has 3 heteroatoms. The van der Waals surface area contributed by atoms with Crippen molar-refractivity contribution in [2.75, 3.05) is 0 Å². The largest absolute Gasteiger partial charge is 0.307 e. The standard InChI is InChI=1S/C31H23N3/c1-31(2)26-12-4-3-11-23(26)24-14-15-25-29-27(13-7-17-33-29)34(30(25)28(24)31)22-10-5-8-20(18-22)21-9-6-16-32-19-21/h3-19H,1-2H3. The van der Waals surface area contributed by atoms with E-state index >= 15 is 0 Å². The number of nitrogens with zero attached hydrogens (tertiary/aromatic N) is 3. The lowest BCUT2D eigenvalue weighted by Crippen LogP contribution is -2.16. The molecule has 3 aromatic carbocycles. The van der Waals surface area contributed by atoms with Crippen LogP contribution in [-0.2, 0) is 5.41 Å². The second-order valence-electron chi connectivity index (χ2n) is 9.55. The Kier molecular flexibility index (Phi) is 3.89. The molecule has 0 saturated carbocycles. The van der Waals surface area contributed by atoms with Gasteiger partial charge in [-0.05, 0) is 64.2 Å². The van der Waals surface area contributed by atoms with Gasteiger partial charge in [0.2, 0.25) is 0 Å². The van der Waals surface area contributed by atoms with Gasteiger partial charge in [0.1, 0.15) is 0 Å². The van der Waals surface area contributed by atoms with Gasteiger partial charge >= 0.3 is 0 Å². The van der Waals surface area contributed by atoms with Crippen molar-refractivity contribution in [2.24, 2.45) is 0 Å². The van der Waals surface area contributed by atoms with Crippen LogP contribution in [0.5, 0.6) is 0 Å². The fourth-order valence-electron chi connectivity index (χ4n) is 5.80. The molecular formula is C31H23N3. The molecule has 1 aliphatic carbocycles. The molecule has 34 heavy (non-hydrogen) atoms. The number of aromatic nitrogens is 3. The highest BCUT2D eigenvalue weighted by molar-refractivity contribution is 6.11. The van der Waals surface area contributed by atoms with Gasteiger partial charge in [0, 0.05) is 40.6 Å². The minimum Gasteiger partial charge on any atom is -0.307 e. The summed E-state index contributed by atoms with van der Waals surface area (Å²) in [5.41, 5.74) is 12.1. The van der Waals surface area contributed by atoms with Crippen molar-refractivity contribution in [3.63, 3.8) is 0 Å². The minimum absolute atomic E-state index is 0.113. The lowest BCUT2D eigenvalue weighted by Gasteiger charge is -2.23. The zero-order valence-corrected chi connectivity index (χ0v) is 19.2. The summed E-state index contributed by atoms with van der Waals surface area (Å²) in [6.45, 7) is 4.69. The van der Waals surface area contributed by atoms with Crippen molar-refractivity contribution >= 4 is 21.9 Å². The molecule has 0 unspecified atom stereocenters. The van der Waals surface area contributed by atoms with Crippen molar-refractivity contribution in [1.82, 2.24) is 14.5 Å². The Labute approximate surface area is 198 Å². The Morgan fingerprint density at radius 3 is 2.47 bits per heavy atom. The maximum Gasteiger partial charge on any atom is 0.0963 e.